The van der Waals surface area contributed by atoms with Crippen LogP contribution < -0.4 is 4.90 Å². The molecule has 0 aliphatic carbocycles. The molecule has 0 atom stereocenters. The zero-order chi connectivity index (χ0) is 25.3. The minimum absolute atomic E-state index is 0.350. The average Bonchev–Trinajstić information content (AvgIpc) is 3.16. The van der Waals surface area contributed by atoms with Gasteiger partial charge in [0.15, 0.2) is 5.82 Å². The van der Waals surface area contributed by atoms with Crippen molar-refractivity contribution in [2.75, 3.05) is 11.6 Å². The van der Waals surface area contributed by atoms with Crippen LogP contribution in [0, 0.1) is 17.5 Å². The number of carbonyl (C=O) groups excluding carboxylic acids is 1. The van der Waals surface area contributed by atoms with Crippen molar-refractivity contribution in [3.63, 3.8) is 0 Å². The molecule has 1 amide bonds. The number of amides is 1. The lowest BCUT2D eigenvalue weighted by Gasteiger charge is -2.21. The minimum Gasteiger partial charge on any atom is -0.303 e. The van der Waals surface area contributed by atoms with Crippen molar-refractivity contribution in [1.82, 2.24) is 9.78 Å². The molecular weight excluding hydrogens is 495 g/mol. The van der Waals surface area contributed by atoms with Crippen LogP contribution in [0.25, 0.3) is 0 Å². The van der Waals surface area contributed by atoms with Crippen molar-refractivity contribution in [3.05, 3.63) is 82.8 Å². The Morgan fingerprint density at radius 2 is 1.62 bits per heavy atom. The van der Waals surface area contributed by atoms with Crippen LogP contribution in [0.4, 0.5) is 32.2 Å². The fraction of sp³-hybridized carbons (Fsp3) is 0.158. The molecule has 3 rings (SSSR count). The maximum absolute atomic E-state index is 14.1. The monoisotopic (exact) mass is 509 g/mol. The molecule has 8 nitrogen and oxygen atoms in total. The number of rotatable bonds is 7. The molecule has 15 heteroatoms. The number of nitrogens with zero attached hydrogens (tertiary/aromatic N) is 3. The van der Waals surface area contributed by atoms with Gasteiger partial charge in [-0.3, -0.25) is 18.9 Å². The Labute approximate surface area is 187 Å². The molecule has 34 heavy (non-hydrogen) atoms. The summed E-state index contributed by atoms with van der Waals surface area (Å²) in [7, 11) is -5.17. The van der Waals surface area contributed by atoms with Gasteiger partial charge in [0.25, 0.3) is 5.91 Å². The van der Waals surface area contributed by atoms with E-state index in [1.807, 2.05) is 0 Å². The van der Waals surface area contributed by atoms with Crippen molar-refractivity contribution in [1.29, 1.82) is 0 Å². The molecule has 0 aliphatic rings. The van der Waals surface area contributed by atoms with Crippen LogP contribution in [0.5, 0.6) is 0 Å². The smallest absolute Gasteiger partial charge is 0.303 e. The van der Waals surface area contributed by atoms with E-state index < -0.39 is 73.1 Å². The summed E-state index contributed by atoms with van der Waals surface area (Å²) in [5, 5.41) is 3.79. The highest BCUT2D eigenvalue weighted by molar-refractivity contribution is 7.46. The number of hydrogen-bond acceptors (Lipinski definition) is 4. The fourth-order valence-corrected chi connectivity index (χ4v) is 3.19. The predicted molar refractivity (Wildman–Crippen MR) is 104 cm³/mol. The van der Waals surface area contributed by atoms with Crippen molar-refractivity contribution in [2.45, 2.75) is 12.7 Å². The second-order valence-corrected chi connectivity index (χ2v) is 7.95. The first-order chi connectivity index (χ1) is 15.8. The van der Waals surface area contributed by atoms with E-state index in [0.717, 1.165) is 47.3 Å². The van der Waals surface area contributed by atoms with Crippen LogP contribution >= 0.6 is 7.82 Å². The van der Waals surface area contributed by atoms with Crippen LogP contribution in [0.15, 0.2) is 48.7 Å². The summed E-state index contributed by atoms with van der Waals surface area (Å²) < 4.78 is 98.1. The second-order valence-electron chi connectivity index (χ2n) is 6.71. The molecule has 1 aromatic heterocycles. The van der Waals surface area contributed by atoms with Gasteiger partial charge in [-0.1, -0.05) is 12.1 Å². The van der Waals surface area contributed by atoms with Gasteiger partial charge in [0.2, 0.25) is 0 Å². The molecule has 1 heterocycles. The van der Waals surface area contributed by atoms with Crippen molar-refractivity contribution in [2.24, 2.45) is 0 Å². The maximum atomic E-state index is 14.1. The van der Waals surface area contributed by atoms with Crippen molar-refractivity contribution < 1.29 is 50.0 Å². The van der Waals surface area contributed by atoms with E-state index in [-0.39, 0.29) is 0 Å². The quantitative estimate of drug-likeness (QED) is 0.283. The number of phosphoric ester groups is 1. The van der Waals surface area contributed by atoms with Crippen LogP contribution in [0.3, 0.4) is 0 Å². The van der Waals surface area contributed by atoms with E-state index in [4.69, 9.17) is 9.79 Å². The maximum Gasteiger partial charge on any atom is 0.471 e. The van der Waals surface area contributed by atoms with Gasteiger partial charge >= 0.3 is 14.0 Å². The lowest BCUT2D eigenvalue weighted by Crippen LogP contribution is -2.34. The Kier molecular flexibility index (Phi) is 7.17. The molecule has 2 N–H and O–H groups in total. The number of anilines is 1. The van der Waals surface area contributed by atoms with E-state index >= 15 is 0 Å². The molecule has 0 radical (unpaired) electrons. The van der Waals surface area contributed by atoms with E-state index in [0.29, 0.717) is 11.0 Å². The number of halogens is 6. The first-order valence-corrected chi connectivity index (χ1v) is 10.6. The van der Waals surface area contributed by atoms with E-state index in [2.05, 4.69) is 9.62 Å². The Morgan fingerprint density at radius 3 is 2.21 bits per heavy atom. The molecule has 182 valence electrons. The Morgan fingerprint density at radius 1 is 1.03 bits per heavy atom. The second kappa shape index (κ2) is 9.58. The molecule has 0 saturated carbocycles. The average molecular weight is 509 g/mol. The van der Waals surface area contributed by atoms with Gasteiger partial charge in [0, 0.05) is 17.8 Å². The Hall–Kier alpha value is -3.19. The molecule has 0 unspecified atom stereocenters. The molecule has 0 bridgehead atoms. The number of benzene rings is 2. The van der Waals surface area contributed by atoms with Gasteiger partial charge < -0.3 is 9.79 Å². The van der Waals surface area contributed by atoms with Crippen molar-refractivity contribution in [3.8, 4) is 0 Å². The first-order valence-electron chi connectivity index (χ1n) is 9.12. The Balaban J connectivity index is 1.98. The number of aromatic nitrogens is 2. The minimum atomic E-state index is -5.17. The van der Waals surface area contributed by atoms with Crippen LogP contribution in [0.2, 0.25) is 0 Å². The summed E-state index contributed by atoms with van der Waals surface area (Å²) in [5.74, 6) is -5.72. The molecule has 2 aromatic carbocycles. The normalized spacial score (nSPS) is 12.1. The van der Waals surface area contributed by atoms with Gasteiger partial charge in [-0.05, 0) is 24.3 Å². The highest BCUT2D eigenvalue weighted by Crippen LogP contribution is 2.37. The molecule has 3 aromatic rings. The van der Waals surface area contributed by atoms with Gasteiger partial charge in [0.1, 0.15) is 29.7 Å². The number of alkyl halides is 3. The lowest BCUT2D eigenvalue weighted by molar-refractivity contribution is -0.138. The van der Waals surface area contributed by atoms with Crippen LogP contribution in [0.1, 0.15) is 21.5 Å². The third kappa shape index (κ3) is 5.83. The van der Waals surface area contributed by atoms with E-state index in [1.54, 1.807) is 0 Å². The molecular formula is C19H14F6N3O5P. The van der Waals surface area contributed by atoms with Gasteiger partial charge in [0.05, 0.1) is 12.1 Å². The molecule has 0 saturated heterocycles. The summed E-state index contributed by atoms with van der Waals surface area (Å²) in [6.07, 6.45) is -3.85. The number of hydrogen-bond donors (Lipinski definition) is 2. The van der Waals surface area contributed by atoms with Crippen molar-refractivity contribution >= 4 is 19.5 Å². The van der Waals surface area contributed by atoms with Crippen LogP contribution in [-0.2, 0) is 21.8 Å². The topological polar surface area (TPSA) is 105 Å². The van der Waals surface area contributed by atoms with Gasteiger partial charge in [-0.25, -0.2) is 17.7 Å². The SMILES string of the molecule is O=C(c1c(F)cccc1F)N(COP(=O)(O)O)c1ccn(Cc2c(F)cccc2C(F)(F)F)n1. The Bertz CT molecular complexity index is 1240. The summed E-state index contributed by atoms with van der Waals surface area (Å²) in [4.78, 5) is 31.0. The van der Waals surface area contributed by atoms with E-state index in [9.17, 15) is 35.7 Å². The predicted octanol–water partition coefficient (Wildman–Crippen LogP) is 4.08. The zero-order valence-electron chi connectivity index (χ0n) is 16.7. The molecule has 0 fully saturated rings. The number of phosphoric acid groups is 1. The zero-order valence-corrected chi connectivity index (χ0v) is 17.6. The largest absolute Gasteiger partial charge is 0.471 e. The highest BCUT2D eigenvalue weighted by atomic mass is 31.2. The van der Waals surface area contributed by atoms with E-state index in [1.165, 1.54) is 0 Å². The summed E-state index contributed by atoms with van der Waals surface area (Å²) >= 11 is 0. The highest BCUT2D eigenvalue weighted by Gasteiger charge is 2.35. The van der Waals surface area contributed by atoms with Crippen LogP contribution in [-0.4, -0.2) is 32.2 Å². The third-order valence-corrected chi connectivity index (χ3v) is 4.88. The summed E-state index contributed by atoms with van der Waals surface area (Å²) in [5.41, 5.74) is -3.13. The first kappa shape index (κ1) is 25.4. The number of carbonyl (C=O) groups is 1. The van der Waals surface area contributed by atoms with Gasteiger partial charge in [-0.15, -0.1) is 0 Å². The standard InChI is InChI=1S/C19H14F6N3O5P/c20-13-4-1-3-12(19(23,24)25)11(13)9-27-8-7-16(26-27)28(10-33-34(30,31)32)18(29)17-14(21)5-2-6-15(17)22/h1-8H,9-10H2,(H2,30,31,32). The lowest BCUT2D eigenvalue weighted by atomic mass is 10.1. The molecule has 0 spiro atoms. The fourth-order valence-electron chi connectivity index (χ4n) is 2.93. The molecule has 0 aliphatic heterocycles. The summed E-state index contributed by atoms with van der Waals surface area (Å²) in [6.45, 7) is -1.97. The third-order valence-electron chi connectivity index (χ3n) is 4.42. The van der Waals surface area contributed by atoms with Gasteiger partial charge in [-0.2, -0.15) is 18.3 Å². The summed E-state index contributed by atoms with van der Waals surface area (Å²) in [6, 6.07) is 5.82.